The molecule has 4 nitrogen and oxygen atoms in total. The molecule has 0 bridgehead atoms. The monoisotopic (exact) mass is 559 g/mol. The lowest BCUT2D eigenvalue weighted by Crippen LogP contribution is -2.26. The summed E-state index contributed by atoms with van der Waals surface area (Å²) in [6.45, 7) is -1.05. The average molecular weight is 560 g/mol. The lowest BCUT2D eigenvalue weighted by atomic mass is 9.88. The molecule has 5 rings (SSSR count). The Morgan fingerprint density at radius 2 is 1.82 bits per heavy atom. The van der Waals surface area contributed by atoms with Crippen molar-refractivity contribution in [2.45, 2.75) is 36.9 Å². The Hall–Kier alpha value is -3.17. The number of hydrogen-bond acceptors (Lipinski definition) is 5. The van der Waals surface area contributed by atoms with E-state index in [2.05, 4.69) is 9.64 Å². The highest BCUT2D eigenvalue weighted by atomic mass is 32.2. The van der Waals surface area contributed by atoms with E-state index in [9.17, 15) is 22.7 Å². The largest absolute Gasteiger partial charge is 0.508 e. The Kier molecular flexibility index (Phi) is 8.67. The number of fused-ring (bicyclic) bond motifs is 1. The maximum atomic E-state index is 14.7. The van der Waals surface area contributed by atoms with E-state index in [1.165, 1.54) is 12.1 Å². The molecule has 1 N–H and O–H groups in total. The van der Waals surface area contributed by atoms with Crippen LogP contribution in [0, 0.1) is 5.82 Å². The number of phenols is 1. The zero-order valence-electron chi connectivity index (χ0n) is 21.2. The van der Waals surface area contributed by atoms with Gasteiger partial charge in [0.1, 0.15) is 17.6 Å². The van der Waals surface area contributed by atoms with Crippen molar-refractivity contribution in [1.82, 2.24) is 4.90 Å². The summed E-state index contributed by atoms with van der Waals surface area (Å²) in [5.41, 5.74) is 4.09. The highest BCUT2D eigenvalue weighted by Gasteiger charge is 2.25. The lowest BCUT2D eigenvalue weighted by molar-refractivity contribution is -0.0521. The van der Waals surface area contributed by atoms with Gasteiger partial charge < -0.3 is 14.6 Å². The quantitative estimate of drug-likeness (QED) is 0.277. The molecule has 2 aliphatic heterocycles. The summed E-state index contributed by atoms with van der Waals surface area (Å²) in [6, 6.07) is 17.0. The summed E-state index contributed by atoms with van der Waals surface area (Å²) in [5.74, 6) is 0.217. The Labute approximate surface area is 229 Å². The standard InChI is InChI=1S/C30H29F4NO3S/c31-12-1-13-35-14-10-23(18-35)37-22-6-2-19(3-7-22)29-24(11-15-39-28-17-21(36)5-8-25(28)29)20-4-9-27(26(32)16-20)38-30(33)34/h2-9,16-17,23,30,36H,1,10-15,18H2/t23-/m0/s1. The smallest absolute Gasteiger partial charge is 0.387 e. The number of rotatable bonds is 9. The van der Waals surface area contributed by atoms with Gasteiger partial charge in [0.15, 0.2) is 11.6 Å². The predicted octanol–water partition coefficient (Wildman–Crippen LogP) is 7.40. The van der Waals surface area contributed by atoms with Gasteiger partial charge in [-0.15, -0.1) is 11.8 Å². The van der Waals surface area contributed by atoms with Crippen LogP contribution in [0.2, 0.25) is 0 Å². The van der Waals surface area contributed by atoms with Crippen molar-refractivity contribution in [3.63, 3.8) is 0 Å². The first-order chi connectivity index (χ1) is 18.9. The van der Waals surface area contributed by atoms with Crippen molar-refractivity contribution in [3.05, 3.63) is 83.2 Å². The number of hydrogen-bond donors (Lipinski definition) is 1. The van der Waals surface area contributed by atoms with Gasteiger partial charge >= 0.3 is 6.61 Å². The molecule has 1 fully saturated rings. The predicted molar refractivity (Wildman–Crippen MR) is 145 cm³/mol. The summed E-state index contributed by atoms with van der Waals surface area (Å²) < 4.78 is 63.1. The van der Waals surface area contributed by atoms with Crippen LogP contribution in [-0.4, -0.2) is 54.8 Å². The van der Waals surface area contributed by atoms with Gasteiger partial charge in [0.05, 0.1) is 6.67 Å². The number of halogens is 4. The van der Waals surface area contributed by atoms with E-state index in [4.69, 9.17) is 4.74 Å². The zero-order valence-corrected chi connectivity index (χ0v) is 22.0. The molecule has 0 unspecified atom stereocenters. The Balaban J connectivity index is 1.48. The fraction of sp³-hybridized carbons (Fsp3) is 0.333. The first-order valence-corrected chi connectivity index (χ1v) is 13.9. The second kappa shape index (κ2) is 12.3. The number of likely N-dealkylation sites (tertiary alicyclic amines) is 1. The molecule has 2 aliphatic rings. The van der Waals surface area contributed by atoms with Gasteiger partial charge in [-0.1, -0.05) is 18.2 Å². The van der Waals surface area contributed by atoms with Crippen LogP contribution in [0.15, 0.2) is 65.6 Å². The Bertz CT molecular complexity index is 1330. The molecule has 3 aromatic carbocycles. The summed E-state index contributed by atoms with van der Waals surface area (Å²) in [4.78, 5) is 3.11. The first-order valence-electron chi connectivity index (χ1n) is 12.9. The van der Waals surface area contributed by atoms with Crippen LogP contribution in [-0.2, 0) is 0 Å². The number of ether oxygens (including phenoxy) is 2. The molecule has 1 atom stereocenters. The number of nitrogens with zero attached hydrogens (tertiary/aromatic N) is 1. The molecule has 0 aliphatic carbocycles. The van der Waals surface area contributed by atoms with Crippen molar-refractivity contribution in [2.24, 2.45) is 0 Å². The lowest BCUT2D eigenvalue weighted by Gasteiger charge is -2.18. The van der Waals surface area contributed by atoms with E-state index < -0.39 is 18.2 Å². The number of thioether (sulfide) groups is 1. The minimum atomic E-state index is -3.11. The van der Waals surface area contributed by atoms with Crippen molar-refractivity contribution in [3.8, 4) is 17.2 Å². The minimum Gasteiger partial charge on any atom is -0.508 e. The second-order valence-electron chi connectivity index (χ2n) is 9.55. The molecule has 3 aromatic rings. The molecule has 1 saturated heterocycles. The maximum Gasteiger partial charge on any atom is 0.387 e. The van der Waals surface area contributed by atoms with Crippen LogP contribution in [0.5, 0.6) is 17.2 Å². The summed E-state index contributed by atoms with van der Waals surface area (Å²) in [5, 5.41) is 10.1. The van der Waals surface area contributed by atoms with Crippen LogP contribution in [0.3, 0.4) is 0 Å². The molecule has 0 saturated carbocycles. The van der Waals surface area contributed by atoms with Gasteiger partial charge in [0.25, 0.3) is 0 Å². The Morgan fingerprint density at radius 1 is 1.03 bits per heavy atom. The molecule has 9 heteroatoms. The third kappa shape index (κ3) is 6.53. The maximum absolute atomic E-state index is 14.7. The van der Waals surface area contributed by atoms with E-state index in [-0.39, 0.29) is 18.5 Å². The normalized spacial score (nSPS) is 17.8. The van der Waals surface area contributed by atoms with E-state index in [0.29, 0.717) is 24.2 Å². The summed E-state index contributed by atoms with van der Waals surface area (Å²) in [7, 11) is 0. The van der Waals surface area contributed by atoms with E-state index >= 15 is 0 Å². The zero-order chi connectivity index (χ0) is 27.4. The van der Waals surface area contributed by atoms with Crippen molar-refractivity contribution >= 4 is 22.9 Å². The molecule has 0 amide bonds. The molecular formula is C30H29F4NO3S. The van der Waals surface area contributed by atoms with Gasteiger partial charge in [-0.05, 0) is 89.6 Å². The molecule has 2 heterocycles. The van der Waals surface area contributed by atoms with Crippen LogP contribution in [0.25, 0.3) is 11.1 Å². The number of alkyl halides is 3. The first kappa shape index (κ1) is 27.4. The highest BCUT2D eigenvalue weighted by Crippen LogP contribution is 2.44. The second-order valence-corrected chi connectivity index (χ2v) is 10.7. The third-order valence-corrected chi connectivity index (χ3v) is 7.98. The van der Waals surface area contributed by atoms with Crippen LogP contribution < -0.4 is 9.47 Å². The van der Waals surface area contributed by atoms with Crippen LogP contribution in [0.1, 0.15) is 36.0 Å². The SMILES string of the molecule is Oc1ccc2c(c1)SCCC(c1ccc(OC(F)F)c(F)c1)=C2c1ccc(O[C@H]2CCN(CCCF)C2)cc1. The fourth-order valence-corrected chi connectivity index (χ4v) is 6.21. The molecule has 0 radical (unpaired) electrons. The topological polar surface area (TPSA) is 41.9 Å². The van der Waals surface area contributed by atoms with E-state index in [1.807, 2.05) is 30.3 Å². The highest BCUT2D eigenvalue weighted by molar-refractivity contribution is 7.99. The Morgan fingerprint density at radius 3 is 2.56 bits per heavy atom. The van der Waals surface area contributed by atoms with Gasteiger partial charge in [0, 0.05) is 30.3 Å². The van der Waals surface area contributed by atoms with Crippen LogP contribution >= 0.6 is 11.8 Å². The molecule has 0 spiro atoms. The average Bonchev–Trinajstić information content (AvgIpc) is 3.27. The van der Waals surface area contributed by atoms with Crippen LogP contribution in [0.4, 0.5) is 17.6 Å². The molecule has 206 valence electrons. The molecule has 0 aromatic heterocycles. The van der Waals surface area contributed by atoms with Gasteiger partial charge in [-0.3, -0.25) is 9.29 Å². The van der Waals surface area contributed by atoms with Crippen molar-refractivity contribution < 1.29 is 32.1 Å². The number of phenolic OH excluding ortho intramolecular Hbond substituents is 1. The van der Waals surface area contributed by atoms with Gasteiger partial charge in [-0.2, -0.15) is 8.78 Å². The van der Waals surface area contributed by atoms with Gasteiger partial charge in [0.2, 0.25) is 0 Å². The number of benzene rings is 3. The van der Waals surface area contributed by atoms with Gasteiger partial charge in [-0.25, -0.2) is 4.39 Å². The molecular weight excluding hydrogens is 530 g/mol. The fourth-order valence-electron chi connectivity index (χ4n) is 5.16. The minimum absolute atomic E-state index is 0.0418. The number of aromatic hydroxyl groups is 1. The van der Waals surface area contributed by atoms with Crippen molar-refractivity contribution in [2.75, 3.05) is 32.1 Å². The molecule has 39 heavy (non-hydrogen) atoms. The van der Waals surface area contributed by atoms with Crippen molar-refractivity contribution in [1.29, 1.82) is 0 Å². The summed E-state index contributed by atoms with van der Waals surface area (Å²) in [6.07, 6.45) is 2.05. The van der Waals surface area contributed by atoms with E-state index in [0.717, 1.165) is 59.0 Å². The van der Waals surface area contributed by atoms with E-state index in [1.54, 1.807) is 30.0 Å². The summed E-state index contributed by atoms with van der Waals surface area (Å²) >= 11 is 1.59. The third-order valence-electron chi connectivity index (χ3n) is 6.93. The number of allylic oxidation sites excluding steroid dienone is 1.